The quantitative estimate of drug-likeness (QED) is 0.679. The van der Waals surface area contributed by atoms with Crippen LogP contribution in [0.5, 0.6) is 11.5 Å². The van der Waals surface area contributed by atoms with E-state index in [1.165, 1.54) is 10.4 Å². The van der Waals surface area contributed by atoms with E-state index >= 15 is 0 Å². The van der Waals surface area contributed by atoms with Crippen LogP contribution in [0.25, 0.3) is 0 Å². The molecule has 1 saturated carbocycles. The standard InChI is InChI=1S/C24H30N2O5S/c1-3-26(4-2)32(28,29)20-9-7-8-19(17-20)25-23(27)24(12-5-6-13-24)18-10-11-21-22(16-18)31-15-14-30-21/h7-11,16-17H,3-6,12-15H2,1-2H3,(H,25,27). The summed E-state index contributed by atoms with van der Waals surface area (Å²) >= 11 is 0. The van der Waals surface area contributed by atoms with Gasteiger partial charge in [-0.05, 0) is 48.7 Å². The van der Waals surface area contributed by atoms with Crippen LogP contribution in [0.1, 0.15) is 45.1 Å². The average molecular weight is 459 g/mol. The molecule has 2 aliphatic rings. The number of hydrogen-bond acceptors (Lipinski definition) is 5. The molecule has 7 nitrogen and oxygen atoms in total. The Kier molecular flexibility index (Phi) is 6.44. The molecular formula is C24H30N2O5S. The number of rotatable bonds is 7. The van der Waals surface area contributed by atoms with E-state index in [9.17, 15) is 13.2 Å². The van der Waals surface area contributed by atoms with Crippen molar-refractivity contribution in [3.63, 3.8) is 0 Å². The summed E-state index contributed by atoms with van der Waals surface area (Å²) in [4.78, 5) is 13.7. The van der Waals surface area contributed by atoms with Crippen LogP contribution in [-0.2, 0) is 20.2 Å². The highest BCUT2D eigenvalue weighted by atomic mass is 32.2. The largest absolute Gasteiger partial charge is 0.486 e. The van der Waals surface area contributed by atoms with Crippen molar-refractivity contribution in [1.29, 1.82) is 0 Å². The number of benzene rings is 2. The van der Waals surface area contributed by atoms with Crippen molar-refractivity contribution in [2.24, 2.45) is 0 Å². The highest BCUT2D eigenvalue weighted by Crippen LogP contribution is 2.45. The highest BCUT2D eigenvalue weighted by Gasteiger charge is 2.43. The van der Waals surface area contributed by atoms with E-state index in [2.05, 4.69) is 5.32 Å². The monoisotopic (exact) mass is 458 g/mol. The minimum Gasteiger partial charge on any atom is -0.486 e. The summed E-state index contributed by atoms with van der Waals surface area (Å²) in [7, 11) is -3.60. The van der Waals surface area contributed by atoms with Gasteiger partial charge in [-0.1, -0.05) is 38.8 Å². The van der Waals surface area contributed by atoms with Gasteiger partial charge in [0.1, 0.15) is 13.2 Å². The zero-order valence-electron chi connectivity index (χ0n) is 18.6. The fourth-order valence-corrected chi connectivity index (χ4v) is 6.17. The molecule has 0 radical (unpaired) electrons. The Hall–Kier alpha value is -2.58. The van der Waals surface area contributed by atoms with Gasteiger partial charge in [-0.3, -0.25) is 4.79 Å². The maximum atomic E-state index is 13.6. The molecule has 0 atom stereocenters. The van der Waals surface area contributed by atoms with Gasteiger partial charge in [0.25, 0.3) is 0 Å². The molecule has 4 rings (SSSR count). The van der Waals surface area contributed by atoms with Crippen LogP contribution in [0, 0.1) is 0 Å². The normalized spacial score (nSPS) is 17.3. The summed E-state index contributed by atoms with van der Waals surface area (Å²) < 4.78 is 38.6. The summed E-state index contributed by atoms with van der Waals surface area (Å²) in [5.74, 6) is 1.24. The number of anilines is 1. The molecule has 1 N–H and O–H groups in total. The first kappa shape index (κ1) is 22.6. The van der Waals surface area contributed by atoms with E-state index in [1.54, 1.807) is 18.2 Å². The van der Waals surface area contributed by atoms with E-state index in [1.807, 2.05) is 32.0 Å². The number of sulfonamides is 1. The predicted octanol–water partition coefficient (Wildman–Crippen LogP) is 3.94. The first-order valence-corrected chi connectivity index (χ1v) is 12.7. The van der Waals surface area contributed by atoms with Crippen LogP contribution in [0.4, 0.5) is 5.69 Å². The molecule has 0 bridgehead atoms. The van der Waals surface area contributed by atoms with Crippen molar-refractivity contribution >= 4 is 21.6 Å². The van der Waals surface area contributed by atoms with E-state index in [-0.39, 0.29) is 10.8 Å². The Morgan fingerprint density at radius 1 is 1.00 bits per heavy atom. The van der Waals surface area contributed by atoms with Gasteiger partial charge in [0.2, 0.25) is 15.9 Å². The fraction of sp³-hybridized carbons (Fsp3) is 0.458. The van der Waals surface area contributed by atoms with Gasteiger partial charge >= 0.3 is 0 Å². The number of hydrogen-bond donors (Lipinski definition) is 1. The lowest BCUT2D eigenvalue weighted by molar-refractivity contribution is -0.121. The van der Waals surface area contributed by atoms with Crippen molar-refractivity contribution in [2.75, 3.05) is 31.6 Å². The maximum absolute atomic E-state index is 13.6. The van der Waals surface area contributed by atoms with Crippen molar-refractivity contribution < 1.29 is 22.7 Å². The second-order valence-electron chi connectivity index (χ2n) is 8.22. The number of carbonyl (C=O) groups is 1. The van der Waals surface area contributed by atoms with Gasteiger partial charge in [-0.15, -0.1) is 0 Å². The fourth-order valence-electron chi connectivity index (χ4n) is 4.66. The lowest BCUT2D eigenvalue weighted by atomic mass is 9.77. The number of amides is 1. The Balaban J connectivity index is 1.62. The minimum atomic E-state index is -3.60. The SMILES string of the molecule is CCN(CC)S(=O)(=O)c1cccc(NC(=O)C2(c3ccc4c(c3)OCCO4)CCCC2)c1. The van der Waals surface area contributed by atoms with Gasteiger partial charge < -0.3 is 14.8 Å². The summed E-state index contributed by atoms with van der Waals surface area (Å²) in [6, 6.07) is 12.2. The molecule has 2 aromatic rings. The molecule has 1 heterocycles. The second-order valence-corrected chi connectivity index (χ2v) is 10.2. The second kappa shape index (κ2) is 9.11. The topological polar surface area (TPSA) is 84.9 Å². The zero-order valence-corrected chi connectivity index (χ0v) is 19.4. The molecule has 1 aliphatic carbocycles. The molecule has 0 aromatic heterocycles. The van der Waals surface area contributed by atoms with E-state index in [4.69, 9.17) is 9.47 Å². The zero-order chi connectivity index (χ0) is 22.8. The first-order chi connectivity index (χ1) is 15.4. The van der Waals surface area contributed by atoms with Crippen LogP contribution in [0.2, 0.25) is 0 Å². The molecule has 0 spiro atoms. The van der Waals surface area contributed by atoms with Crippen LogP contribution in [-0.4, -0.2) is 44.9 Å². The van der Waals surface area contributed by atoms with Crippen LogP contribution < -0.4 is 14.8 Å². The highest BCUT2D eigenvalue weighted by molar-refractivity contribution is 7.89. The van der Waals surface area contributed by atoms with Crippen molar-refractivity contribution in [1.82, 2.24) is 4.31 Å². The Morgan fingerprint density at radius 3 is 2.38 bits per heavy atom. The van der Waals surface area contributed by atoms with Gasteiger partial charge in [-0.2, -0.15) is 4.31 Å². The first-order valence-electron chi connectivity index (χ1n) is 11.2. The van der Waals surface area contributed by atoms with Crippen molar-refractivity contribution in [2.45, 2.75) is 49.8 Å². The van der Waals surface area contributed by atoms with Gasteiger partial charge in [0, 0.05) is 18.8 Å². The third-order valence-electron chi connectivity index (χ3n) is 6.42. The smallest absolute Gasteiger partial charge is 0.243 e. The molecular weight excluding hydrogens is 428 g/mol. The Bertz CT molecular complexity index is 1090. The summed E-state index contributed by atoms with van der Waals surface area (Å²) in [5, 5.41) is 3.00. The molecule has 0 saturated heterocycles. The van der Waals surface area contributed by atoms with Gasteiger partial charge in [0.05, 0.1) is 10.3 Å². The molecule has 8 heteroatoms. The number of nitrogens with zero attached hydrogens (tertiary/aromatic N) is 1. The third-order valence-corrected chi connectivity index (χ3v) is 8.47. The van der Waals surface area contributed by atoms with Crippen LogP contribution in [0.15, 0.2) is 47.4 Å². The number of carbonyl (C=O) groups excluding carboxylic acids is 1. The Morgan fingerprint density at radius 2 is 1.69 bits per heavy atom. The average Bonchev–Trinajstić information content (AvgIpc) is 3.31. The third kappa shape index (κ3) is 4.09. The van der Waals surface area contributed by atoms with Crippen molar-refractivity contribution in [3.8, 4) is 11.5 Å². The molecule has 32 heavy (non-hydrogen) atoms. The molecule has 0 unspecified atom stereocenters. The lowest BCUT2D eigenvalue weighted by Gasteiger charge is -2.30. The van der Waals surface area contributed by atoms with Crippen LogP contribution in [0.3, 0.4) is 0 Å². The number of ether oxygens (including phenoxy) is 2. The number of nitrogens with one attached hydrogen (secondary N) is 1. The Labute approximate surface area is 189 Å². The molecule has 1 fully saturated rings. The summed E-state index contributed by atoms with van der Waals surface area (Å²) in [6.45, 7) is 5.41. The van der Waals surface area contributed by atoms with E-state index < -0.39 is 15.4 Å². The number of fused-ring (bicyclic) bond motifs is 1. The van der Waals surface area contributed by atoms with Gasteiger partial charge in [-0.25, -0.2) is 8.42 Å². The van der Waals surface area contributed by atoms with E-state index in [0.29, 0.717) is 43.5 Å². The predicted molar refractivity (Wildman–Crippen MR) is 123 cm³/mol. The summed E-state index contributed by atoms with van der Waals surface area (Å²) in [6.07, 6.45) is 3.38. The minimum absolute atomic E-state index is 0.121. The molecule has 1 aliphatic heterocycles. The summed E-state index contributed by atoms with van der Waals surface area (Å²) in [5.41, 5.74) is 0.708. The van der Waals surface area contributed by atoms with Crippen LogP contribution >= 0.6 is 0 Å². The molecule has 172 valence electrons. The lowest BCUT2D eigenvalue weighted by Crippen LogP contribution is -2.38. The van der Waals surface area contributed by atoms with Gasteiger partial charge in [0.15, 0.2) is 11.5 Å². The molecule has 2 aromatic carbocycles. The maximum Gasteiger partial charge on any atom is 0.243 e. The van der Waals surface area contributed by atoms with E-state index in [0.717, 1.165) is 31.2 Å². The van der Waals surface area contributed by atoms with Crippen molar-refractivity contribution in [3.05, 3.63) is 48.0 Å². The molecule has 1 amide bonds.